The monoisotopic (exact) mass is 290 g/mol. The van der Waals surface area contributed by atoms with Gasteiger partial charge in [0.1, 0.15) is 18.0 Å². The van der Waals surface area contributed by atoms with Crippen LogP contribution < -0.4 is 16.2 Å². The lowest BCUT2D eigenvalue weighted by Crippen LogP contribution is -2.35. The molecule has 0 saturated carbocycles. The van der Waals surface area contributed by atoms with Crippen molar-refractivity contribution in [2.75, 3.05) is 36.5 Å². The number of nitrogen functional groups attached to an aromatic ring is 1. The maximum atomic E-state index is 5.62. The average molecular weight is 290 g/mol. The number of nitrogens with zero attached hydrogens (tertiary/aromatic N) is 4. The standard InChI is InChI=1S/C15H26N6/c1-11(2)13-14(19-16)17-10-18-15(13)21-8-5-12(9-21)20-6-3-4-7-20/h10-12H,3-9,16H2,1-2H3,(H,17,18,19). The molecule has 3 rings (SSSR count). The van der Waals surface area contributed by atoms with Gasteiger partial charge in [-0.05, 0) is 38.3 Å². The molecule has 2 saturated heterocycles. The maximum absolute atomic E-state index is 5.62. The van der Waals surface area contributed by atoms with Gasteiger partial charge < -0.3 is 10.3 Å². The summed E-state index contributed by atoms with van der Waals surface area (Å²) < 4.78 is 0. The zero-order chi connectivity index (χ0) is 14.8. The molecule has 0 radical (unpaired) electrons. The zero-order valence-corrected chi connectivity index (χ0v) is 13.0. The number of hydrogen-bond acceptors (Lipinski definition) is 6. The number of hydrogen-bond donors (Lipinski definition) is 2. The van der Waals surface area contributed by atoms with Crippen LogP contribution in [0, 0.1) is 0 Å². The molecule has 6 heteroatoms. The highest BCUT2D eigenvalue weighted by molar-refractivity contribution is 5.60. The van der Waals surface area contributed by atoms with Crippen LogP contribution in [0.3, 0.4) is 0 Å². The summed E-state index contributed by atoms with van der Waals surface area (Å²) in [6.07, 6.45) is 5.54. The summed E-state index contributed by atoms with van der Waals surface area (Å²) in [7, 11) is 0. The highest BCUT2D eigenvalue weighted by Gasteiger charge is 2.31. The van der Waals surface area contributed by atoms with E-state index in [-0.39, 0.29) is 0 Å². The molecule has 3 heterocycles. The van der Waals surface area contributed by atoms with Crippen LogP contribution in [-0.2, 0) is 0 Å². The highest BCUT2D eigenvalue weighted by atomic mass is 15.3. The largest absolute Gasteiger partial charge is 0.355 e. The van der Waals surface area contributed by atoms with Crippen molar-refractivity contribution in [3.05, 3.63) is 11.9 Å². The number of rotatable bonds is 4. The summed E-state index contributed by atoms with van der Waals surface area (Å²) in [6, 6.07) is 0.678. The molecule has 1 aromatic heterocycles. The molecule has 116 valence electrons. The second-order valence-corrected chi connectivity index (χ2v) is 6.39. The highest BCUT2D eigenvalue weighted by Crippen LogP contribution is 2.33. The molecule has 2 fully saturated rings. The average Bonchev–Trinajstić information content (AvgIpc) is 3.16. The fourth-order valence-electron chi connectivity index (χ4n) is 3.62. The summed E-state index contributed by atoms with van der Waals surface area (Å²) in [5.74, 6) is 7.76. The molecule has 1 unspecified atom stereocenters. The van der Waals surface area contributed by atoms with E-state index in [0.29, 0.717) is 12.0 Å². The molecule has 21 heavy (non-hydrogen) atoms. The van der Waals surface area contributed by atoms with Gasteiger partial charge in [0, 0.05) is 24.7 Å². The van der Waals surface area contributed by atoms with Crippen molar-refractivity contribution in [3.63, 3.8) is 0 Å². The van der Waals surface area contributed by atoms with Crippen LogP contribution in [0.15, 0.2) is 6.33 Å². The molecule has 2 aliphatic heterocycles. The first kappa shape index (κ1) is 14.5. The Hall–Kier alpha value is -1.40. The molecule has 0 spiro atoms. The third-order valence-electron chi connectivity index (χ3n) is 4.70. The van der Waals surface area contributed by atoms with Crippen LogP contribution in [0.2, 0.25) is 0 Å². The number of anilines is 2. The van der Waals surface area contributed by atoms with Gasteiger partial charge >= 0.3 is 0 Å². The maximum Gasteiger partial charge on any atom is 0.148 e. The van der Waals surface area contributed by atoms with Crippen LogP contribution in [0.5, 0.6) is 0 Å². The second-order valence-electron chi connectivity index (χ2n) is 6.39. The topological polar surface area (TPSA) is 70.3 Å². The molecular formula is C15H26N6. The van der Waals surface area contributed by atoms with Gasteiger partial charge in [0.05, 0.1) is 0 Å². The predicted octanol–water partition coefficient (Wildman–Crippen LogP) is 1.56. The first-order valence-corrected chi connectivity index (χ1v) is 8.01. The Morgan fingerprint density at radius 1 is 1.24 bits per heavy atom. The summed E-state index contributed by atoms with van der Waals surface area (Å²) in [5, 5.41) is 0. The van der Waals surface area contributed by atoms with Gasteiger partial charge in [-0.3, -0.25) is 4.90 Å². The molecular weight excluding hydrogens is 264 g/mol. The molecule has 6 nitrogen and oxygen atoms in total. The van der Waals surface area contributed by atoms with Crippen molar-refractivity contribution in [3.8, 4) is 0 Å². The molecule has 1 aromatic rings. The Bertz CT molecular complexity index is 483. The van der Waals surface area contributed by atoms with Crippen LogP contribution in [0.25, 0.3) is 0 Å². The van der Waals surface area contributed by atoms with E-state index >= 15 is 0 Å². The van der Waals surface area contributed by atoms with Crippen molar-refractivity contribution in [1.82, 2.24) is 14.9 Å². The quantitative estimate of drug-likeness (QED) is 0.648. The zero-order valence-electron chi connectivity index (χ0n) is 13.0. The summed E-state index contributed by atoms with van der Waals surface area (Å²) in [6.45, 7) is 8.99. The Kier molecular flexibility index (Phi) is 4.26. The lowest BCUT2D eigenvalue weighted by Gasteiger charge is -2.26. The first-order valence-electron chi connectivity index (χ1n) is 8.01. The normalized spacial score (nSPS) is 23.2. The lowest BCUT2D eigenvalue weighted by atomic mass is 10.0. The number of hydrazine groups is 1. The van der Waals surface area contributed by atoms with E-state index in [4.69, 9.17) is 5.84 Å². The molecule has 0 amide bonds. The summed E-state index contributed by atoms with van der Waals surface area (Å²) >= 11 is 0. The number of nitrogens with one attached hydrogen (secondary N) is 1. The Balaban J connectivity index is 1.81. The Morgan fingerprint density at radius 3 is 2.67 bits per heavy atom. The van der Waals surface area contributed by atoms with Gasteiger partial charge in [-0.1, -0.05) is 13.8 Å². The van der Waals surface area contributed by atoms with Crippen molar-refractivity contribution < 1.29 is 0 Å². The van der Waals surface area contributed by atoms with Gasteiger partial charge in [0.2, 0.25) is 0 Å². The number of aromatic nitrogens is 2. The van der Waals surface area contributed by atoms with E-state index in [1.807, 2.05) is 0 Å². The van der Waals surface area contributed by atoms with Crippen molar-refractivity contribution in [2.45, 2.75) is 45.1 Å². The van der Waals surface area contributed by atoms with Gasteiger partial charge in [-0.2, -0.15) is 0 Å². The van der Waals surface area contributed by atoms with Gasteiger partial charge in [-0.25, -0.2) is 15.8 Å². The molecule has 0 aromatic carbocycles. The van der Waals surface area contributed by atoms with Gasteiger partial charge in [-0.15, -0.1) is 0 Å². The van der Waals surface area contributed by atoms with E-state index < -0.39 is 0 Å². The number of nitrogens with two attached hydrogens (primary N) is 1. The van der Waals surface area contributed by atoms with E-state index in [0.717, 1.165) is 30.3 Å². The molecule has 1 atom stereocenters. The van der Waals surface area contributed by atoms with Crippen LogP contribution in [-0.4, -0.2) is 47.1 Å². The Morgan fingerprint density at radius 2 is 2.00 bits per heavy atom. The van der Waals surface area contributed by atoms with E-state index in [9.17, 15) is 0 Å². The summed E-state index contributed by atoms with van der Waals surface area (Å²) in [4.78, 5) is 13.9. The third kappa shape index (κ3) is 2.82. The fourth-order valence-corrected chi connectivity index (χ4v) is 3.62. The van der Waals surface area contributed by atoms with E-state index in [2.05, 4.69) is 39.0 Å². The minimum Gasteiger partial charge on any atom is -0.355 e. The van der Waals surface area contributed by atoms with Crippen molar-refractivity contribution in [2.24, 2.45) is 5.84 Å². The SMILES string of the molecule is CC(C)c1c(NN)ncnc1N1CCC(N2CCCC2)C1. The van der Waals surface area contributed by atoms with Crippen LogP contribution in [0.4, 0.5) is 11.6 Å². The first-order chi connectivity index (χ1) is 10.2. The second kappa shape index (κ2) is 6.15. The third-order valence-corrected chi connectivity index (χ3v) is 4.70. The van der Waals surface area contributed by atoms with Crippen molar-refractivity contribution in [1.29, 1.82) is 0 Å². The minimum absolute atomic E-state index is 0.345. The van der Waals surface area contributed by atoms with Crippen LogP contribution >= 0.6 is 0 Å². The fraction of sp³-hybridized carbons (Fsp3) is 0.733. The predicted molar refractivity (Wildman–Crippen MR) is 85.4 cm³/mol. The molecule has 2 aliphatic rings. The smallest absolute Gasteiger partial charge is 0.148 e. The van der Waals surface area contributed by atoms with Gasteiger partial charge in [0.15, 0.2) is 0 Å². The Labute approximate surface area is 126 Å². The molecule has 0 bridgehead atoms. The van der Waals surface area contributed by atoms with Gasteiger partial charge in [0.25, 0.3) is 0 Å². The number of likely N-dealkylation sites (tertiary alicyclic amines) is 1. The minimum atomic E-state index is 0.345. The van der Waals surface area contributed by atoms with Crippen molar-refractivity contribution >= 4 is 11.6 Å². The van der Waals surface area contributed by atoms with Crippen LogP contribution in [0.1, 0.15) is 44.6 Å². The van der Waals surface area contributed by atoms with E-state index in [1.54, 1.807) is 6.33 Å². The van der Waals surface area contributed by atoms with E-state index in [1.165, 1.54) is 32.4 Å². The lowest BCUT2D eigenvalue weighted by molar-refractivity contribution is 0.260. The molecule has 0 aliphatic carbocycles. The molecule has 3 N–H and O–H groups in total. The summed E-state index contributed by atoms with van der Waals surface area (Å²) in [5.41, 5.74) is 3.85.